The first-order valence-corrected chi connectivity index (χ1v) is 10.3. The van der Waals surface area contributed by atoms with Crippen molar-refractivity contribution in [3.05, 3.63) is 113 Å². The van der Waals surface area contributed by atoms with Crippen LogP contribution in [0.5, 0.6) is 5.75 Å². The van der Waals surface area contributed by atoms with Gasteiger partial charge in [0.05, 0.1) is 11.3 Å². The van der Waals surface area contributed by atoms with Crippen LogP contribution in [0.4, 0.5) is 5.69 Å². The van der Waals surface area contributed by atoms with E-state index in [9.17, 15) is 4.79 Å². The Morgan fingerprint density at radius 3 is 2.40 bits per heavy atom. The van der Waals surface area contributed by atoms with E-state index in [-0.39, 0.29) is 5.91 Å². The number of carbonyl (C=O) groups is 1. The minimum absolute atomic E-state index is 0.185. The normalized spacial score (nSPS) is 14.7. The van der Waals surface area contributed by atoms with Crippen LogP contribution in [0.3, 0.4) is 0 Å². The SMILES string of the molecule is C=CCOc1ccc(Br)cc1/C=C1\C(=O)N(c2ccccc2)N=C1c1ccccc1. The smallest absolute Gasteiger partial charge is 0.281 e. The maximum atomic E-state index is 13.4. The van der Waals surface area contributed by atoms with Gasteiger partial charge in [-0.15, -0.1) is 0 Å². The number of hydrogen-bond donors (Lipinski definition) is 0. The number of benzene rings is 3. The molecule has 0 unspecified atom stereocenters. The van der Waals surface area contributed by atoms with Crippen LogP contribution in [0.1, 0.15) is 11.1 Å². The van der Waals surface area contributed by atoms with E-state index in [4.69, 9.17) is 4.74 Å². The van der Waals surface area contributed by atoms with Gasteiger partial charge >= 0.3 is 0 Å². The van der Waals surface area contributed by atoms with Gasteiger partial charge < -0.3 is 4.74 Å². The van der Waals surface area contributed by atoms with Crippen LogP contribution in [0.2, 0.25) is 0 Å². The summed E-state index contributed by atoms with van der Waals surface area (Å²) in [5, 5.41) is 6.11. The van der Waals surface area contributed by atoms with Crippen LogP contribution < -0.4 is 9.75 Å². The quantitative estimate of drug-likeness (QED) is 0.343. The van der Waals surface area contributed by atoms with Gasteiger partial charge in [0.1, 0.15) is 18.1 Å². The minimum atomic E-state index is -0.185. The summed E-state index contributed by atoms with van der Waals surface area (Å²) in [5.41, 5.74) is 3.51. The molecular formula is C25H19BrN2O2. The Bertz CT molecular complexity index is 1140. The van der Waals surface area contributed by atoms with E-state index in [0.29, 0.717) is 23.6 Å². The van der Waals surface area contributed by atoms with Crippen LogP contribution in [-0.2, 0) is 4.79 Å². The Balaban J connectivity index is 1.83. The number of halogens is 1. The lowest BCUT2D eigenvalue weighted by atomic mass is 10.00. The van der Waals surface area contributed by atoms with Gasteiger partial charge in [-0.05, 0) is 36.4 Å². The van der Waals surface area contributed by atoms with Crippen LogP contribution in [0.15, 0.2) is 107 Å². The van der Waals surface area contributed by atoms with Crippen LogP contribution >= 0.6 is 15.9 Å². The second-order valence-corrected chi connectivity index (χ2v) is 7.52. The topological polar surface area (TPSA) is 41.9 Å². The van der Waals surface area contributed by atoms with Gasteiger partial charge in [0.2, 0.25) is 0 Å². The monoisotopic (exact) mass is 458 g/mol. The fraction of sp³-hybridized carbons (Fsp3) is 0.0400. The van der Waals surface area contributed by atoms with Crippen molar-refractivity contribution in [2.24, 2.45) is 5.10 Å². The van der Waals surface area contributed by atoms with E-state index in [2.05, 4.69) is 27.6 Å². The Hall–Kier alpha value is -3.44. The number of anilines is 1. The molecular weight excluding hydrogens is 440 g/mol. The number of nitrogens with zero attached hydrogens (tertiary/aromatic N) is 2. The highest BCUT2D eigenvalue weighted by molar-refractivity contribution is 9.10. The molecule has 1 amide bonds. The average Bonchev–Trinajstić information content (AvgIpc) is 3.10. The van der Waals surface area contributed by atoms with E-state index >= 15 is 0 Å². The molecule has 0 saturated carbocycles. The molecule has 0 aromatic heterocycles. The lowest BCUT2D eigenvalue weighted by molar-refractivity contribution is -0.114. The molecule has 0 spiro atoms. The maximum Gasteiger partial charge on any atom is 0.281 e. The Morgan fingerprint density at radius 1 is 1.00 bits per heavy atom. The first-order chi connectivity index (χ1) is 14.7. The number of ether oxygens (including phenoxy) is 1. The molecule has 0 aliphatic carbocycles. The lowest BCUT2D eigenvalue weighted by Crippen LogP contribution is -2.21. The fourth-order valence-electron chi connectivity index (χ4n) is 3.17. The molecule has 0 radical (unpaired) electrons. The zero-order valence-corrected chi connectivity index (χ0v) is 17.7. The fourth-order valence-corrected chi connectivity index (χ4v) is 3.54. The van der Waals surface area contributed by atoms with Crippen molar-refractivity contribution in [1.29, 1.82) is 0 Å². The highest BCUT2D eigenvalue weighted by Gasteiger charge is 2.32. The van der Waals surface area contributed by atoms with Crippen LogP contribution in [0.25, 0.3) is 6.08 Å². The summed E-state index contributed by atoms with van der Waals surface area (Å²) in [4.78, 5) is 13.4. The summed E-state index contributed by atoms with van der Waals surface area (Å²) in [6, 6.07) is 24.8. The molecule has 4 rings (SSSR count). The van der Waals surface area contributed by atoms with Gasteiger partial charge in [0, 0.05) is 15.6 Å². The molecule has 5 heteroatoms. The number of amides is 1. The molecule has 4 nitrogen and oxygen atoms in total. The molecule has 1 aliphatic heterocycles. The van der Waals surface area contributed by atoms with E-state index in [0.717, 1.165) is 21.3 Å². The predicted molar refractivity (Wildman–Crippen MR) is 125 cm³/mol. The van der Waals surface area contributed by atoms with Crippen molar-refractivity contribution in [2.75, 3.05) is 11.6 Å². The summed E-state index contributed by atoms with van der Waals surface area (Å²) < 4.78 is 6.68. The molecule has 0 saturated heterocycles. The van der Waals surface area contributed by atoms with Gasteiger partial charge in [-0.1, -0.05) is 77.1 Å². The second kappa shape index (κ2) is 8.93. The van der Waals surface area contributed by atoms with E-state index in [1.54, 1.807) is 6.08 Å². The largest absolute Gasteiger partial charge is 0.489 e. The van der Waals surface area contributed by atoms with Crippen molar-refractivity contribution in [3.8, 4) is 5.75 Å². The predicted octanol–water partition coefficient (Wildman–Crippen LogP) is 5.85. The third-order valence-corrected chi connectivity index (χ3v) is 5.05. The van der Waals surface area contributed by atoms with Crippen molar-refractivity contribution in [3.63, 3.8) is 0 Å². The molecule has 3 aromatic rings. The maximum absolute atomic E-state index is 13.4. The Morgan fingerprint density at radius 2 is 1.70 bits per heavy atom. The average molecular weight is 459 g/mol. The molecule has 0 bridgehead atoms. The molecule has 1 heterocycles. The van der Waals surface area contributed by atoms with Crippen molar-refractivity contribution >= 4 is 39.3 Å². The summed E-state index contributed by atoms with van der Waals surface area (Å²) >= 11 is 3.51. The third-order valence-electron chi connectivity index (χ3n) is 4.55. The van der Waals surface area contributed by atoms with Gasteiger partial charge in [0.25, 0.3) is 5.91 Å². The number of hydrazone groups is 1. The Labute approximate surface area is 183 Å². The number of carbonyl (C=O) groups excluding carboxylic acids is 1. The number of rotatable bonds is 6. The van der Waals surface area contributed by atoms with E-state index in [1.165, 1.54) is 5.01 Å². The van der Waals surface area contributed by atoms with Crippen molar-refractivity contribution in [1.82, 2.24) is 0 Å². The lowest BCUT2D eigenvalue weighted by Gasteiger charge is -2.11. The third kappa shape index (κ3) is 4.11. The summed E-state index contributed by atoms with van der Waals surface area (Å²) in [6.45, 7) is 4.08. The first-order valence-electron chi connectivity index (χ1n) is 9.46. The molecule has 0 N–H and O–H groups in total. The zero-order valence-electron chi connectivity index (χ0n) is 16.2. The minimum Gasteiger partial charge on any atom is -0.489 e. The molecule has 30 heavy (non-hydrogen) atoms. The standard InChI is InChI=1S/C25H19BrN2O2/c1-2-15-30-23-14-13-20(26)16-19(23)17-22-24(18-9-5-3-6-10-18)27-28(25(22)29)21-11-7-4-8-12-21/h2-14,16-17H,1,15H2/b22-17-. The zero-order chi connectivity index (χ0) is 20.9. The van der Waals surface area contributed by atoms with E-state index in [1.807, 2.05) is 84.9 Å². The summed E-state index contributed by atoms with van der Waals surface area (Å²) in [6.07, 6.45) is 3.52. The molecule has 0 atom stereocenters. The molecule has 3 aromatic carbocycles. The number of hydrogen-bond acceptors (Lipinski definition) is 3. The molecule has 1 aliphatic rings. The summed E-state index contributed by atoms with van der Waals surface area (Å²) in [7, 11) is 0. The second-order valence-electron chi connectivity index (χ2n) is 6.61. The van der Waals surface area contributed by atoms with Gasteiger partial charge in [0.15, 0.2) is 0 Å². The highest BCUT2D eigenvalue weighted by atomic mass is 79.9. The first kappa shape index (κ1) is 19.9. The van der Waals surface area contributed by atoms with Crippen LogP contribution in [-0.4, -0.2) is 18.2 Å². The molecule has 0 fully saturated rings. The summed E-state index contributed by atoms with van der Waals surface area (Å²) in [5.74, 6) is 0.485. The van der Waals surface area contributed by atoms with Gasteiger partial charge in [-0.25, -0.2) is 0 Å². The number of para-hydroxylation sites is 1. The van der Waals surface area contributed by atoms with Gasteiger partial charge in [-0.2, -0.15) is 10.1 Å². The highest BCUT2D eigenvalue weighted by Crippen LogP contribution is 2.31. The Kier molecular flexibility index (Phi) is 5.91. The van der Waals surface area contributed by atoms with Crippen LogP contribution in [0, 0.1) is 0 Å². The van der Waals surface area contributed by atoms with Crippen molar-refractivity contribution < 1.29 is 9.53 Å². The van der Waals surface area contributed by atoms with Gasteiger partial charge in [-0.3, -0.25) is 4.79 Å². The van der Waals surface area contributed by atoms with Crippen molar-refractivity contribution in [2.45, 2.75) is 0 Å². The van der Waals surface area contributed by atoms with E-state index < -0.39 is 0 Å². The molecule has 148 valence electrons.